The molecule has 2 nitrogen and oxygen atoms in total. The Balaban J connectivity index is 0.942. The summed E-state index contributed by atoms with van der Waals surface area (Å²) in [6.45, 7) is 4.42. The highest BCUT2D eigenvalue weighted by Crippen LogP contribution is 2.21. The molecule has 0 fully saturated rings. The fourth-order valence-electron chi connectivity index (χ4n) is 6.99. The third kappa shape index (κ3) is 13.3. The topological polar surface area (TPSA) is 52.0 Å². The van der Waals surface area contributed by atoms with E-state index >= 15 is 0 Å². The average molecular weight is 631 g/mol. The van der Waals surface area contributed by atoms with Gasteiger partial charge >= 0.3 is 0 Å². The second-order valence-corrected chi connectivity index (χ2v) is 13.8. The number of hydrogen-bond acceptors (Lipinski definition) is 2. The third-order valence-corrected chi connectivity index (χ3v) is 9.99. The molecule has 0 aliphatic heterocycles. The molecule has 0 atom stereocenters. The van der Waals surface area contributed by atoms with Crippen LogP contribution in [0, 0.1) is 0 Å². The molecule has 0 spiro atoms. The Hall–Kier alpha value is -3.52. The van der Waals surface area contributed by atoms with Crippen molar-refractivity contribution in [2.45, 2.75) is 136 Å². The molecule has 0 aliphatic carbocycles. The van der Waals surface area contributed by atoms with E-state index in [1.54, 1.807) is 0 Å². The van der Waals surface area contributed by atoms with E-state index in [0.717, 1.165) is 37.1 Å². The number of benzene rings is 4. The van der Waals surface area contributed by atoms with Crippen molar-refractivity contribution in [3.05, 3.63) is 129 Å². The first-order valence-corrected chi connectivity index (χ1v) is 18.9. The van der Waals surface area contributed by atoms with Crippen LogP contribution in [-0.2, 0) is 38.5 Å². The predicted octanol–water partition coefficient (Wildman–Crippen LogP) is 12.0. The second kappa shape index (κ2) is 20.7. The van der Waals surface area contributed by atoms with Crippen LogP contribution in [0.25, 0.3) is 0 Å². The molecular formula is C45H62N2. The van der Waals surface area contributed by atoms with Crippen molar-refractivity contribution in [1.29, 1.82) is 0 Å². The van der Waals surface area contributed by atoms with Gasteiger partial charge in [-0.3, -0.25) is 0 Å². The van der Waals surface area contributed by atoms with Crippen LogP contribution < -0.4 is 11.5 Å². The molecule has 0 aliphatic rings. The Kier molecular flexibility index (Phi) is 16.0. The lowest BCUT2D eigenvalue weighted by atomic mass is 9.96. The van der Waals surface area contributed by atoms with E-state index < -0.39 is 0 Å². The summed E-state index contributed by atoms with van der Waals surface area (Å²) < 4.78 is 0. The van der Waals surface area contributed by atoms with E-state index in [-0.39, 0.29) is 0 Å². The van der Waals surface area contributed by atoms with E-state index in [9.17, 15) is 0 Å². The van der Waals surface area contributed by atoms with Gasteiger partial charge in [-0.25, -0.2) is 0 Å². The lowest BCUT2D eigenvalue weighted by molar-refractivity contribution is 0.536. The Morgan fingerprint density at radius 2 is 0.638 bits per heavy atom. The second-order valence-electron chi connectivity index (χ2n) is 13.8. The van der Waals surface area contributed by atoms with Gasteiger partial charge in [0, 0.05) is 11.4 Å². The predicted molar refractivity (Wildman–Crippen MR) is 206 cm³/mol. The number of nitrogens with two attached hydrogens (primary N) is 2. The minimum Gasteiger partial charge on any atom is -0.399 e. The zero-order valence-electron chi connectivity index (χ0n) is 29.7. The lowest BCUT2D eigenvalue weighted by Gasteiger charge is -2.10. The minimum absolute atomic E-state index is 0.865. The molecule has 0 aromatic heterocycles. The third-order valence-electron chi connectivity index (χ3n) is 9.99. The Morgan fingerprint density at radius 1 is 0.340 bits per heavy atom. The van der Waals surface area contributed by atoms with Crippen LogP contribution in [0.3, 0.4) is 0 Å². The monoisotopic (exact) mass is 630 g/mol. The van der Waals surface area contributed by atoms with E-state index in [4.69, 9.17) is 11.5 Å². The zero-order chi connectivity index (χ0) is 33.1. The van der Waals surface area contributed by atoms with Gasteiger partial charge in [-0.05, 0) is 120 Å². The number of nitrogen functional groups attached to an aromatic ring is 2. The summed E-state index contributed by atoms with van der Waals surface area (Å²) in [7, 11) is 0. The molecule has 4 N–H and O–H groups in total. The van der Waals surface area contributed by atoms with Gasteiger partial charge in [0.15, 0.2) is 0 Å². The van der Waals surface area contributed by atoms with E-state index in [2.05, 4.69) is 86.6 Å². The average Bonchev–Trinajstić information content (AvgIpc) is 3.09. The van der Waals surface area contributed by atoms with Crippen molar-refractivity contribution in [3.63, 3.8) is 0 Å². The zero-order valence-corrected chi connectivity index (χ0v) is 29.7. The SMILES string of the molecule is CCc1cc(N)ccc1Cc1ccc(CCCCCCCCCCCCCCCc2ccc(Cc3ccc(N)cc3CC)cc2)cc1. The minimum atomic E-state index is 0.865. The quantitative estimate of drug-likeness (QED) is 0.0670. The maximum Gasteiger partial charge on any atom is 0.0316 e. The Labute approximate surface area is 287 Å². The fourth-order valence-corrected chi connectivity index (χ4v) is 6.99. The van der Waals surface area contributed by atoms with Crippen LogP contribution in [0.1, 0.15) is 142 Å². The van der Waals surface area contributed by atoms with Crippen LogP contribution >= 0.6 is 0 Å². The molecule has 0 bridgehead atoms. The molecule has 0 heterocycles. The van der Waals surface area contributed by atoms with Crippen molar-refractivity contribution in [2.75, 3.05) is 11.5 Å². The van der Waals surface area contributed by atoms with Gasteiger partial charge in [0.05, 0.1) is 0 Å². The number of anilines is 2. The largest absolute Gasteiger partial charge is 0.399 e. The van der Waals surface area contributed by atoms with Gasteiger partial charge in [0.1, 0.15) is 0 Å². The van der Waals surface area contributed by atoms with Gasteiger partial charge in [0.25, 0.3) is 0 Å². The van der Waals surface area contributed by atoms with Crippen LogP contribution in [0.15, 0.2) is 84.9 Å². The van der Waals surface area contributed by atoms with Crippen molar-refractivity contribution in [3.8, 4) is 0 Å². The molecule has 47 heavy (non-hydrogen) atoms. The first kappa shape index (κ1) is 36.3. The molecule has 4 rings (SSSR count). The standard InChI is InChI=1S/C45H62N2/c1-3-40-34-44(46)30-28-42(40)32-38-24-20-36(21-25-38)18-16-14-12-10-8-6-5-7-9-11-13-15-17-19-37-22-26-39(27-23-37)33-43-29-31-45(47)35-41(43)4-2/h20-31,34-35H,3-19,32-33,46-47H2,1-2H3. The molecule has 0 unspecified atom stereocenters. The highest BCUT2D eigenvalue weighted by atomic mass is 14.5. The van der Waals surface area contributed by atoms with Gasteiger partial charge in [-0.15, -0.1) is 0 Å². The Bertz CT molecular complexity index is 1320. The molecule has 4 aromatic carbocycles. The van der Waals surface area contributed by atoms with Crippen LogP contribution in [0.2, 0.25) is 0 Å². The van der Waals surface area contributed by atoms with Gasteiger partial charge in [-0.2, -0.15) is 0 Å². The van der Waals surface area contributed by atoms with Crippen LogP contribution in [-0.4, -0.2) is 0 Å². The van der Waals surface area contributed by atoms with Crippen LogP contribution in [0.5, 0.6) is 0 Å². The summed E-state index contributed by atoms with van der Waals surface area (Å²) in [4.78, 5) is 0. The molecule has 252 valence electrons. The molecule has 0 amide bonds. The van der Waals surface area contributed by atoms with E-state index in [0.29, 0.717) is 0 Å². The fraction of sp³-hybridized carbons (Fsp3) is 0.467. The van der Waals surface area contributed by atoms with Crippen molar-refractivity contribution >= 4 is 11.4 Å². The van der Waals surface area contributed by atoms with Crippen molar-refractivity contribution in [1.82, 2.24) is 0 Å². The Morgan fingerprint density at radius 3 is 0.957 bits per heavy atom. The summed E-state index contributed by atoms with van der Waals surface area (Å²) in [6.07, 6.45) is 24.5. The lowest BCUT2D eigenvalue weighted by Crippen LogP contribution is -1.97. The first-order chi connectivity index (χ1) is 23.0. The number of aryl methyl sites for hydroxylation is 4. The van der Waals surface area contributed by atoms with Crippen LogP contribution in [0.4, 0.5) is 11.4 Å². The van der Waals surface area contributed by atoms with Crippen molar-refractivity contribution in [2.24, 2.45) is 0 Å². The maximum absolute atomic E-state index is 5.98. The highest BCUT2D eigenvalue weighted by molar-refractivity contribution is 5.47. The normalized spacial score (nSPS) is 11.3. The number of unbranched alkanes of at least 4 members (excludes halogenated alkanes) is 12. The van der Waals surface area contributed by atoms with Gasteiger partial charge < -0.3 is 11.5 Å². The first-order valence-electron chi connectivity index (χ1n) is 18.9. The van der Waals surface area contributed by atoms with Gasteiger partial charge in [-0.1, -0.05) is 145 Å². The molecule has 4 aromatic rings. The van der Waals surface area contributed by atoms with E-state index in [1.807, 2.05) is 12.1 Å². The molecular weight excluding hydrogens is 569 g/mol. The molecule has 0 saturated carbocycles. The summed E-state index contributed by atoms with van der Waals surface area (Å²) in [5.41, 5.74) is 25.0. The smallest absolute Gasteiger partial charge is 0.0316 e. The summed E-state index contributed by atoms with van der Waals surface area (Å²) in [5.74, 6) is 0. The molecule has 2 heteroatoms. The number of rotatable bonds is 22. The summed E-state index contributed by atoms with van der Waals surface area (Å²) >= 11 is 0. The molecule has 0 saturated heterocycles. The van der Waals surface area contributed by atoms with Crippen molar-refractivity contribution < 1.29 is 0 Å². The molecule has 0 radical (unpaired) electrons. The number of hydrogen-bond donors (Lipinski definition) is 2. The summed E-state index contributed by atoms with van der Waals surface area (Å²) in [5, 5.41) is 0. The highest BCUT2D eigenvalue weighted by Gasteiger charge is 2.05. The maximum atomic E-state index is 5.98. The summed E-state index contributed by atoms with van der Waals surface area (Å²) in [6, 6.07) is 31.3. The van der Waals surface area contributed by atoms with E-state index in [1.165, 1.54) is 141 Å². The van der Waals surface area contributed by atoms with Gasteiger partial charge in [0.2, 0.25) is 0 Å².